The van der Waals surface area contributed by atoms with E-state index in [-0.39, 0.29) is 18.6 Å². The van der Waals surface area contributed by atoms with E-state index >= 15 is 0 Å². The molecule has 0 radical (unpaired) electrons. The number of hydrogen-bond acceptors (Lipinski definition) is 4. The minimum absolute atomic E-state index is 0.0193. The van der Waals surface area contributed by atoms with Crippen LogP contribution in [0.2, 0.25) is 0 Å². The van der Waals surface area contributed by atoms with Gasteiger partial charge in [-0.3, -0.25) is 4.79 Å². The van der Waals surface area contributed by atoms with Gasteiger partial charge in [0.05, 0.1) is 13.2 Å². The zero-order valence-electron chi connectivity index (χ0n) is 16.1. The van der Waals surface area contributed by atoms with Gasteiger partial charge in [0, 0.05) is 6.54 Å². The molecule has 0 atom stereocenters. The van der Waals surface area contributed by atoms with E-state index in [1.807, 2.05) is 58.0 Å². The SMILES string of the molecule is COc1cc(CNC(=O)COc2cc(C)cc(C)c2)ccc1OC(C)C. The van der Waals surface area contributed by atoms with Gasteiger partial charge in [-0.1, -0.05) is 12.1 Å². The first kappa shape index (κ1) is 19.6. The molecule has 5 nitrogen and oxygen atoms in total. The van der Waals surface area contributed by atoms with Gasteiger partial charge in [0.15, 0.2) is 18.1 Å². The zero-order valence-corrected chi connectivity index (χ0v) is 16.1. The highest BCUT2D eigenvalue weighted by Crippen LogP contribution is 2.28. The first-order valence-corrected chi connectivity index (χ1v) is 8.68. The smallest absolute Gasteiger partial charge is 0.258 e. The van der Waals surface area contributed by atoms with Crippen LogP contribution in [0.3, 0.4) is 0 Å². The van der Waals surface area contributed by atoms with Gasteiger partial charge in [-0.05, 0) is 68.7 Å². The minimum atomic E-state index is -0.175. The minimum Gasteiger partial charge on any atom is -0.493 e. The molecular weight excluding hydrogens is 330 g/mol. The number of methoxy groups -OCH3 is 1. The molecule has 2 rings (SSSR count). The summed E-state index contributed by atoms with van der Waals surface area (Å²) in [7, 11) is 1.60. The van der Waals surface area contributed by atoms with Crippen LogP contribution in [-0.2, 0) is 11.3 Å². The molecule has 26 heavy (non-hydrogen) atoms. The predicted octanol–water partition coefficient (Wildman–Crippen LogP) is 3.79. The maximum Gasteiger partial charge on any atom is 0.258 e. The van der Waals surface area contributed by atoms with Gasteiger partial charge < -0.3 is 19.5 Å². The molecule has 0 aliphatic carbocycles. The number of benzene rings is 2. The Morgan fingerprint density at radius 3 is 2.35 bits per heavy atom. The van der Waals surface area contributed by atoms with Gasteiger partial charge in [0.25, 0.3) is 5.91 Å². The average molecular weight is 357 g/mol. The van der Waals surface area contributed by atoms with Crippen molar-refractivity contribution in [3.63, 3.8) is 0 Å². The fourth-order valence-electron chi connectivity index (χ4n) is 2.59. The van der Waals surface area contributed by atoms with E-state index in [0.29, 0.717) is 23.8 Å². The van der Waals surface area contributed by atoms with E-state index in [1.165, 1.54) is 0 Å². The van der Waals surface area contributed by atoms with E-state index in [4.69, 9.17) is 14.2 Å². The maximum absolute atomic E-state index is 12.0. The predicted molar refractivity (Wildman–Crippen MR) is 102 cm³/mol. The fraction of sp³-hybridized carbons (Fsp3) is 0.381. The average Bonchev–Trinajstić information content (AvgIpc) is 2.57. The van der Waals surface area contributed by atoms with Gasteiger partial charge in [-0.25, -0.2) is 0 Å². The third-order valence-corrected chi connectivity index (χ3v) is 3.65. The molecule has 0 heterocycles. The second-order valence-electron chi connectivity index (χ2n) is 6.54. The first-order chi connectivity index (χ1) is 12.4. The van der Waals surface area contributed by atoms with Crippen molar-refractivity contribution < 1.29 is 19.0 Å². The molecule has 0 fully saturated rings. The molecule has 0 saturated heterocycles. The van der Waals surface area contributed by atoms with Gasteiger partial charge in [0.1, 0.15) is 5.75 Å². The largest absolute Gasteiger partial charge is 0.493 e. The lowest BCUT2D eigenvalue weighted by molar-refractivity contribution is -0.123. The lowest BCUT2D eigenvalue weighted by Gasteiger charge is -2.15. The molecular formula is C21H27NO4. The van der Waals surface area contributed by atoms with Crippen LogP contribution < -0.4 is 19.5 Å². The summed E-state index contributed by atoms with van der Waals surface area (Å²) in [6.07, 6.45) is 0.0665. The fourth-order valence-corrected chi connectivity index (χ4v) is 2.59. The summed E-state index contributed by atoms with van der Waals surface area (Å²) in [4.78, 5) is 12.0. The molecule has 0 bridgehead atoms. The topological polar surface area (TPSA) is 56.8 Å². The summed E-state index contributed by atoms with van der Waals surface area (Å²) in [5.41, 5.74) is 3.14. The van der Waals surface area contributed by atoms with Gasteiger partial charge in [-0.15, -0.1) is 0 Å². The highest BCUT2D eigenvalue weighted by molar-refractivity contribution is 5.77. The van der Waals surface area contributed by atoms with Crippen LogP contribution in [0.1, 0.15) is 30.5 Å². The number of ether oxygens (including phenoxy) is 3. The van der Waals surface area contributed by atoms with E-state index in [1.54, 1.807) is 7.11 Å². The quantitative estimate of drug-likeness (QED) is 0.781. The Kier molecular flexibility index (Phi) is 6.89. The third-order valence-electron chi connectivity index (χ3n) is 3.65. The molecule has 2 aromatic carbocycles. The van der Waals surface area contributed by atoms with Crippen LogP contribution in [-0.4, -0.2) is 25.7 Å². The van der Waals surface area contributed by atoms with E-state index in [0.717, 1.165) is 16.7 Å². The number of rotatable bonds is 8. The van der Waals surface area contributed by atoms with Crippen LogP contribution >= 0.6 is 0 Å². The number of nitrogens with one attached hydrogen (secondary N) is 1. The van der Waals surface area contributed by atoms with Crippen molar-refractivity contribution in [1.82, 2.24) is 5.32 Å². The van der Waals surface area contributed by atoms with Crippen LogP contribution in [0.5, 0.6) is 17.2 Å². The third kappa shape index (κ3) is 5.99. The lowest BCUT2D eigenvalue weighted by Crippen LogP contribution is -2.28. The molecule has 0 aliphatic rings. The Balaban J connectivity index is 1.88. The Bertz CT molecular complexity index is 735. The van der Waals surface area contributed by atoms with Crippen molar-refractivity contribution in [2.75, 3.05) is 13.7 Å². The molecule has 0 unspecified atom stereocenters. The van der Waals surface area contributed by atoms with Crippen LogP contribution in [0.25, 0.3) is 0 Å². The summed E-state index contributed by atoms with van der Waals surface area (Å²) in [5.74, 6) is 1.87. The summed E-state index contributed by atoms with van der Waals surface area (Å²) in [6, 6.07) is 11.5. The molecule has 0 aromatic heterocycles. The Morgan fingerprint density at radius 2 is 1.73 bits per heavy atom. The second-order valence-corrected chi connectivity index (χ2v) is 6.54. The normalized spacial score (nSPS) is 10.5. The Morgan fingerprint density at radius 1 is 1.04 bits per heavy atom. The van der Waals surface area contributed by atoms with E-state index in [2.05, 4.69) is 11.4 Å². The van der Waals surface area contributed by atoms with E-state index in [9.17, 15) is 4.79 Å². The molecule has 1 N–H and O–H groups in total. The highest BCUT2D eigenvalue weighted by Gasteiger charge is 2.09. The molecule has 5 heteroatoms. The molecule has 0 spiro atoms. The number of carbonyl (C=O) groups excluding carboxylic acids is 1. The summed E-state index contributed by atoms with van der Waals surface area (Å²) in [6.45, 7) is 8.30. The zero-order chi connectivity index (χ0) is 19.1. The van der Waals surface area contributed by atoms with Crippen LogP contribution in [0.15, 0.2) is 36.4 Å². The van der Waals surface area contributed by atoms with Crippen LogP contribution in [0, 0.1) is 13.8 Å². The van der Waals surface area contributed by atoms with Crippen molar-refractivity contribution >= 4 is 5.91 Å². The monoisotopic (exact) mass is 357 g/mol. The Hall–Kier alpha value is -2.69. The first-order valence-electron chi connectivity index (χ1n) is 8.68. The van der Waals surface area contributed by atoms with Crippen molar-refractivity contribution in [3.8, 4) is 17.2 Å². The summed E-state index contributed by atoms with van der Waals surface area (Å²) in [5, 5.41) is 2.85. The van der Waals surface area contributed by atoms with Gasteiger partial charge >= 0.3 is 0 Å². The molecule has 140 valence electrons. The standard InChI is InChI=1S/C21H27NO4/c1-14(2)26-19-7-6-17(11-20(19)24-5)12-22-21(23)13-25-18-9-15(3)8-16(4)10-18/h6-11,14H,12-13H2,1-5H3,(H,22,23). The molecule has 2 aromatic rings. The van der Waals surface area contributed by atoms with Gasteiger partial charge in [0.2, 0.25) is 0 Å². The van der Waals surface area contributed by atoms with Crippen molar-refractivity contribution in [2.24, 2.45) is 0 Å². The van der Waals surface area contributed by atoms with E-state index < -0.39 is 0 Å². The number of aryl methyl sites for hydroxylation is 2. The van der Waals surface area contributed by atoms with Gasteiger partial charge in [-0.2, -0.15) is 0 Å². The Labute approximate surface area is 155 Å². The number of amides is 1. The summed E-state index contributed by atoms with van der Waals surface area (Å²) < 4.78 is 16.6. The molecule has 0 aliphatic heterocycles. The maximum atomic E-state index is 12.0. The summed E-state index contributed by atoms with van der Waals surface area (Å²) >= 11 is 0. The number of hydrogen-bond donors (Lipinski definition) is 1. The van der Waals surface area contributed by atoms with Crippen molar-refractivity contribution in [2.45, 2.75) is 40.3 Å². The second kappa shape index (κ2) is 9.13. The van der Waals surface area contributed by atoms with Crippen molar-refractivity contribution in [3.05, 3.63) is 53.1 Å². The van der Waals surface area contributed by atoms with Crippen LogP contribution in [0.4, 0.5) is 0 Å². The number of carbonyl (C=O) groups is 1. The van der Waals surface area contributed by atoms with Crippen molar-refractivity contribution in [1.29, 1.82) is 0 Å². The molecule has 1 amide bonds. The highest BCUT2D eigenvalue weighted by atomic mass is 16.5. The lowest BCUT2D eigenvalue weighted by atomic mass is 10.1. The molecule has 0 saturated carbocycles.